The predicted octanol–water partition coefficient (Wildman–Crippen LogP) is 2.49. The number of halogens is 3. The molecule has 29 heavy (non-hydrogen) atoms. The zero-order chi connectivity index (χ0) is 20.9. The molecule has 8 nitrogen and oxygen atoms in total. The molecule has 3 rings (SSSR count). The molecule has 0 saturated carbocycles. The number of nitrogens with zero attached hydrogens (tertiary/aromatic N) is 4. The fraction of sp³-hybridized carbons (Fsp3) is 0.333. The van der Waals surface area contributed by atoms with E-state index < -0.39 is 6.36 Å². The predicted molar refractivity (Wildman–Crippen MR) is 98.5 cm³/mol. The largest absolute Gasteiger partial charge is 0.573 e. The Balaban J connectivity index is 1.46. The number of hydrogen-bond acceptors (Lipinski definition) is 6. The highest BCUT2D eigenvalue weighted by atomic mass is 19.4. The smallest absolute Gasteiger partial charge is 0.406 e. The molecule has 0 radical (unpaired) electrons. The first-order valence-corrected chi connectivity index (χ1v) is 8.83. The second-order valence-corrected chi connectivity index (χ2v) is 6.19. The van der Waals surface area contributed by atoms with Crippen LogP contribution in [-0.2, 0) is 11.2 Å². The summed E-state index contributed by atoms with van der Waals surface area (Å²) in [6.45, 7) is 2.59. The second-order valence-electron chi connectivity index (χ2n) is 6.19. The summed E-state index contributed by atoms with van der Waals surface area (Å²) in [6.07, 6.45) is -3.20. The third-order valence-electron chi connectivity index (χ3n) is 3.95. The highest BCUT2D eigenvalue weighted by Gasteiger charge is 2.31. The lowest BCUT2D eigenvalue weighted by molar-refractivity contribution is -0.274. The quantitative estimate of drug-likeness (QED) is 0.557. The van der Waals surface area contributed by atoms with E-state index in [-0.39, 0.29) is 24.5 Å². The lowest BCUT2D eigenvalue weighted by atomic mass is 10.1. The highest BCUT2D eigenvalue weighted by Crippen LogP contribution is 2.26. The van der Waals surface area contributed by atoms with Crippen LogP contribution in [0, 0.1) is 6.92 Å². The fourth-order valence-corrected chi connectivity index (χ4v) is 2.72. The number of aryl methyl sites for hydroxylation is 2. The minimum absolute atomic E-state index is 0.0416. The van der Waals surface area contributed by atoms with Gasteiger partial charge in [0, 0.05) is 31.3 Å². The van der Waals surface area contributed by atoms with Gasteiger partial charge in [-0.3, -0.25) is 4.79 Å². The Morgan fingerprint density at radius 3 is 2.83 bits per heavy atom. The SMILES string of the molecule is Cc1cc(NCCNC(=O)CCc2ccccc2OC(F)(F)F)n2ncnc2n1. The first-order chi connectivity index (χ1) is 13.8. The summed E-state index contributed by atoms with van der Waals surface area (Å²) in [7, 11) is 0. The molecule has 0 aliphatic carbocycles. The molecule has 0 saturated heterocycles. The Hall–Kier alpha value is -3.37. The molecule has 2 N–H and O–H groups in total. The maximum absolute atomic E-state index is 12.4. The van der Waals surface area contributed by atoms with E-state index in [0.29, 0.717) is 30.2 Å². The van der Waals surface area contributed by atoms with Gasteiger partial charge in [0.2, 0.25) is 5.91 Å². The summed E-state index contributed by atoms with van der Waals surface area (Å²) >= 11 is 0. The Kier molecular flexibility index (Phi) is 6.15. The lowest BCUT2D eigenvalue weighted by Gasteiger charge is -2.13. The van der Waals surface area contributed by atoms with Crippen molar-refractivity contribution in [2.75, 3.05) is 18.4 Å². The molecular weight excluding hydrogens is 389 g/mol. The first-order valence-electron chi connectivity index (χ1n) is 8.83. The number of benzene rings is 1. The van der Waals surface area contributed by atoms with Gasteiger partial charge in [0.15, 0.2) is 0 Å². The fourth-order valence-electron chi connectivity index (χ4n) is 2.72. The van der Waals surface area contributed by atoms with Crippen molar-refractivity contribution >= 4 is 17.5 Å². The summed E-state index contributed by atoms with van der Waals surface area (Å²) in [5.74, 6) is 0.596. The van der Waals surface area contributed by atoms with Crippen molar-refractivity contribution in [3.8, 4) is 5.75 Å². The zero-order valence-corrected chi connectivity index (χ0v) is 15.5. The van der Waals surface area contributed by atoms with Crippen LogP contribution in [0.15, 0.2) is 36.7 Å². The van der Waals surface area contributed by atoms with E-state index in [4.69, 9.17) is 0 Å². The molecule has 0 spiro atoms. The lowest BCUT2D eigenvalue weighted by Crippen LogP contribution is -2.29. The molecule has 0 bridgehead atoms. The van der Waals surface area contributed by atoms with E-state index in [1.807, 2.05) is 6.92 Å². The zero-order valence-electron chi connectivity index (χ0n) is 15.5. The van der Waals surface area contributed by atoms with Gasteiger partial charge >= 0.3 is 6.36 Å². The molecule has 0 unspecified atom stereocenters. The van der Waals surface area contributed by atoms with E-state index in [1.165, 1.54) is 24.5 Å². The minimum Gasteiger partial charge on any atom is -0.406 e. The summed E-state index contributed by atoms with van der Waals surface area (Å²) in [6, 6.07) is 7.59. The molecule has 11 heteroatoms. The molecule has 154 valence electrons. The number of nitrogens with one attached hydrogen (secondary N) is 2. The number of carbonyl (C=O) groups is 1. The molecule has 0 aliphatic heterocycles. The number of alkyl halides is 3. The molecule has 0 atom stereocenters. The Labute approximate surface area is 164 Å². The van der Waals surface area contributed by atoms with Gasteiger partial charge in [0.25, 0.3) is 5.78 Å². The number of rotatable bonds is 8. The summed E-state index contributed by atoms with van der Waals surface area (Å²) in [5.41, 5.74) is 1.09. The van der Waals surface area contributed by atoms with Gasteiger partial charge in [0.05, 0.1) is 0 Å². The Bertz CT molecular complexity index is 989. The van der Waals surface area contributed by atoms with Crippen molar-refractivity contribution in [1.29, 1.82) is 0 Å². The summed E-state index contributed by atoms with van der Waals surface area (Å²) in [5, 5.41) is 9.93. The number of para-hydroxylation sites is 1. The monoisotopic (exact) mass is 408 g/mol. The van der Waals surface area contributed by atoms with Gasteiger partial charge in [-0.2, -0.15) is 14.6 Å². The molecule has 3 aromatic rings. The number of aromatic nitrogens is 4. The normalized spacial score (nSPS) is 11.4. The van der Waals surface area contributed by atoms with E-state index in [1.54, 1.807) is 16.6 Å². The van der Waals surface area contributed by atoms with Crippen LogP contribution in [-0.4, -0.2) is 44.9 Å². The van der Waals surface area contributed by atoms with Crippen LogP contribution in [0.2, 0.25) is 0 Å². The average Bonchev–Trinajstić information content (AvgIpc) is 3.11. The van der Waals surface area contributed by atoms with Crippen LogP contribution in [0.5, 0.6) is 5.75 Å². The standard InChI is InChI=1S/C18H19F3N6O2/c1-12-10-15(27-17(26-12)24-11-25-27)22-8-9-23-16(28)7-6-13-4-2-3-5-14(13)29-18(19,20)21/h2-5,10-11,22H,6-9H2,1H3,(H,23,28). The summed E-state index contributed by atoms with van der Waals surface area (Å²) < 4.78 is 42.9. The van der Waals surface area contributed by atoms with Gasteiger partial charge in [-0.15, -0.1) is 13.2 Å². The minimum atomic E-state index is -4.77. The van der Waals surface area contributed by atoms with Crippen molar-refractivity contribution in [2.24, 2.45) is 0 Å². The van der Waals surface area contributed by atoms with E-state index >= 15 is 0 Å². The third kappa shape index (κ3) is 5.80. The van der Waals surface area contributed by atoms with Crippen LogP contribution in [0.4, 0.5) is 19.0 Å². The van der Waals surface area contributed by atoms with Gasteiger partial charge in [0.1, 0.15) is 17.9 Å². The second kappa shape index (κ2) is 8.76. The van der Waals surface area contributed by atoms with Crippen molar-refractivity contribution in [1.82, 2.24) is 24.9 Å². The van der Waals surface area contributed by atoms with Crippen molar-refractivity contribution in [2.45, 2.75) is 26.1 Å². The van der Waals surface area contributed by atoms with Crippen molar-refractivity contribution < 1.29 is 22.7 Å². The van der Waals surface area contributed by atoms with Gasteiger partial charge < -0.3 is 15.4 Å². The van der Waals surface area contributed by atoms with Crippen molar-refractivity contribution in [3.05, 3.63) is 47.9 Å². The molecule has 1 aromatic carbocycles. The number of hydrogen-bond donors (Lipinski definition) is 2. The number of ether oxygens (including phenoxy) is 1. The molecular formula is C18H19F3N6O2. The molecule has 2 aromatic heterocycles. The number of carbonyl (C=O) groups excluding carboxylic acids is 1. The summed E-state index contributed by atoms with van der Waals surface area (Å²) in [4.78, 5) is 20.3. The van der Waals surface area contributed by atoms with Crippen LogP contribution < -0.4 is 15.4 Å². The van der Waals surface area contributed by atoms with E-state index in [0.717, 1.165) is 5.69 Å². The highest BCUT2D eigenvalue weighted by molar-refractivity contribution is 5.76. The average molecular weight is 408 g/mol. The van der Waals surface area contributed by atoms with Crippen LogP contribution in [0.1, 0.15) is 17.7 Å². The topological polar surface area (TPSA) is 93.4 Å². The van der Waals surface area contributed by atoms with Crippen molar-refractivity contribution in [3.63, 3.8) is 0 Å². The molecule has 2 heterocycles. The van der Waals surface area contributed by atoms with Gasteiger partial charge in [-0.05, 0) is 25.0 Å². The number of fused-ring (bicyclic) bond motifs is 1. The molecule has 0 aliphatic rings. The molecule has 1 amide bonds. The van der Waals surface area contributed by atoms with Crippen LogP contribution in [0.25, 0.3) is 5.78 Å². The third-order valence-corrected chi connectivity index (χ3v) is 3.95. The maximum atomic E-state index is 12.4. The first kappa shape index (κ1) is 20.4. The number of anilines is 1. The Morgan fingerprint density at radius 1 is 1.24 bits per heavy atom. The van der Waals surface area contributed by atoms with Gasteiger partial charge in [-0.25, -0.2) is 4.98 Å². The Morgan fingerprint density at radius 2 is 2.03 bits per heavy atom. The van der Waals surface area contributed by atoms with Gasteiger partial charge in [-0.1, -0.05) is 18.2 Å². The molecule has 0 fully saturated rings. The van der Waals surface area contributed by atoms with Crippen LogP contribution in [0.3, 0.4) is 0 Å². The maximum Gasteiger partial charge on any atom is 0.573 e. The number of amides is 1. The van der Waals surface area contributed by atoms with Crippen LogP contribution >= 0.6 is 0 Å². The van der Waals surface area contributed by atoms with E-state index in [2.05, 4.69) is 30.4 Å². The van der Waals surface area contributed by atoms with E-state index in [9.17, 15) is 18.0 Å².